The average Bonchev–Trinajstić information content (AvgIpc) is 2.54. The molecule has 4 nitrogen and oxygen atoms in total. The minimum atomic E-state index is -0.412. The van der Waals surface area contributed by atoms with Gasteiger partial charge in [-0.05, 0) is 12.8 Å². The maximum absolute atomic E-state index is 9.59. The van der Waals surface area contributed by atoms with Crippen LogP contribution in [-0.4, -0.2) is 36.6 Å². The van der Waals surface area contributed by atoms with Crippen molar-refractivity contribution in [1.82, 2.24) is 0 Å². The molecule has 0 saturated carbocycles. The molecule has 3 unspecified atom stereocenters. The molecule has 0 spiro atoms. The lowest BCUT2D eigenvalue weighted by molar-refractivity contribution is -0.308. The summed E-state index contributed by atoms with van der Waals surface area (Å²) < 4.78 is 5.55. The van der Waals surface area contributed by atoms with Crippen molar-refractivity contribution in [2.24, 2.45) is 0 Å². The normalized spacial score (nSPS) is 32.4. The summed E-state index contributed by atoms with van der Waals surface area (Å²) in [6.07, 6.45) is 2.10. The van der Waals surface area contributed by atoms with E-state index in [0.29, 0.717) is 19.6 Å². The second-order valence-corrected chi connectivity index (χ2v) is 3.61. The highest BCUT2D eigenvalue weighted by Crippen LogP contribution is 2.22. The van der Waals surface area contributed by atoms with Crippen LogP contribution >= 0.6 is 0 Å². The fourth-order valence-electron chi connectivity index (χ4n) is 1.49. The molecule has 0 aliphatic carbocycles. The molecule has 0 radical (unpaired) electrons. The van der Waals surface area contributed by atoms with Gasteiger partial charge in [-0.1, -0.05) is 13.8 Å². The van der Waals surface area contributed by atoms with Gasteiger partial charge >= 0.3 is 0 Å². The molecule has 4 heteroatoms. The SMILES string of the molecule is CCCOOCC1OC(CC)CC1O. The van der Waals surface area contributed by atoms with Crippen LogP contribution in [0, 0.1) is 0 Å². The fraction of sp³-hybridized carbons (Fsp3) is 1.00. The summed E-state index contributed by atoms with van der Waals surface area (Å²) >= 11 is 0. The Morgan fingerprint density at radius 2 is 2.14 bits per heavy atom. The summed E-state index contributed by atoms with van der Waals surface area (Å²) in [4.78, 5) is 9.81. The summed E-state index contributed by atoms with van der Waals surface area (Å²) in [6, 6.07) is 0. The summed E-state index contributed by atoms with van der Waals surface area (Å²) in [5.74, 6) is 0. The molecule has 1 fully saturated rings. The van der Waals surface area contributed by atoms with Crippen molar-refractivity contribution >= 4 is 0 Å². The molecule has 0 aromatic rings. The summed E-state index contributed by atoms with van der Waals surface area (Å²) in [7, 11) is 0. The number of aliphatic hydroxyl groups is 1. The van der Waals surface area contributed by atoms with Crippen LogP contribution < -0.4 is 0 Å². The first-order valence-electron chi connectivity index (χ1n) is 5.35. The van der Waals surface area contributed by atoms with E-state index < -0.39 is 6.10 Å². The molecule has 0 bridgehead atoms. The van der Waals surface area contributed by atoms with Crippen LogP contribution in [0.5, 0.6) is 0 Å². The molecule has 1 aliphatic heterocycles. The van der Waals surface area contributed by atoms with E-state index in [1.165, 1.54) is 0 Å². The zero-order valence-corrected chi connectivity index (χ0v) is 8.94. The van der Waals surface area contributed by atoms with Crippen molar-refractivity contribution in [3.05, 3.63) is 0 Å². The number of rotatable bonds is 6. The Morgan fingerprint density at radius 1 is 1.36 bits per heavy atom. The molecular formula is C10H20O4. The predicted molar refractivity (Wildman–Crippen MR) is 51.8 cm³/mol. The van der Waals surface area contributed by atoms with Gasteiger partial charge in [0.1, 0.15) is 12.7 Å². The summed E-state index contributed by atoms with van der Waals surface area (Å²) in [5.41, 5.74) is 0. The zero-order valence-electron chi connectivity index (χ0n) is 8.94. The van der Waals surface area contributed by atoms with Gasteiger partial charge in [0.15, 0.2) is 0 Å². The highest BCUT2D eigenvalue weighted by molar-refractivity contribution is 4.80. The van der Waals surface area contributed by atoms with E-state index in [1.54, 1.807) is 0 Å². The number of hydrogen-bond acceptors (Lipinski definition) is 4. The minimum absolute atomic E-state index is 0.171. The van der Waals surface area contributed by atoms with Gasteiger partial charge in [0.25, 0.3) is 0 Å². The van der Waals surface area contributed by atoms with Gasteiger partial charge in [-0.3, -0.25) is 0 Å². The average molecular weight is 204 g/mol. The van der Waals surface area contributed by atoms with E-state index in [-0.39, 0.29) is 12.2 Å². The van der Waals surface area contributed by atoms with E-state index >= 15 is 0 Å². The van der Waals surface area contributed by atoms with Gasteiger partial charge in [-0.15, -0.1) is 0 Å². The maximum Gasteiger partial charge on any atom is 0.111 e. The monoisotopic (exact) mass is 204 g/mol. The van der Waals surface area contributed by atoms with Crippen molar-refractivity contribution in [3.8, 4) is 0 Å². The van der Waals surface area contributed by atoms with Gasteiger partial charge in [-0.25, -0.2) is 9.78 Å². The lowest BCUT2D eigenvalue weighted by Crippen LogP contribution is -2.26. The van der Waals surface area contributed by atoms with Gasteiger partial charge in [-0.2, -0.15) is 0 Å². The fourth-order valence-corrected chi connectivity index (χ4v) is 1.49. The molecule has 0 aromatic heterocycles. The predicted octanol–water partition coefficient (Wildman–Crippen LogP) is 1.27. The third-order valence-corrected chi connectivity index (χ3v) is 2.36. The van der Waals surface area contributed by atoms with E-state index in [1.807, 2.05) is 13.8 Å². The Bertz CT molecular complexity index is 151. The zero-order chi connectivity index (χ0) is 10.4. The largest absolute Gasteiger partial charge is 0.390 e. The molecule has 1 saturated heterocycles. The van der Waals surface area contributed by atoms with E-state index in [9.17, 15) is 5.11 Å². The number of hydrogen-bond donors (Lipinski definition) is 1. The molecular weight excluding hydrogens is 184 g/mol. The van der Waals surface area contributed by atoms with Crippen molar-refractivity contribution in [1.29, 1.82) is 0 Å². The molecule has 1 aliphatic rings. The Hall–Kier alpha value is -0.160. The molecule has 0 aromatic carbocycles. The smallest absolute Gasteiger partial charge is 0.111 e. The highest BCUT2D eigenvalue weighted by Gasteiger charge is 2.33. The summed E-state index contributed by atoms with van der Waals surface area (Å²) in [6.45, 7) is 4.96. The van der Waals surface area contributed by atoms with Crippen LogP contribution in [0.1, 0.15) is 33.1 Å². The Morgan fingerprint density at radius 3 is 2.71 bits per heavy atom. The van der Waals surface area contributed by atoms with E-state index in [4.69, 9.17) is 14.5 Å². The third-order valence-electron chi connectivity index (χ3n) is 2.36. The molecule has 84 valence electrons. The third kappa shape index (κ3) is 3.53. The van der Waals surface area contributed by atoms with Gasteiger partial charge in [0, 0.05) is 6.42 Å². The van der Waals surface area contributed by atoms with Crippen LogP contribution in [0.3, 0.4) is 0 Å². The minimum Gasteiger partial charge on any atom is -0.390 e. The molecule has 1 rings (SSSR count). The van der Waals surface area contributed by atoms with Crippen LogP contribution in [0.2, 0.25) is 0 Å². The van der Waals surface area contributed by atoms with Gasteiger partial charge < -0.3 is 9.84 Å². The standard InChI is InChI=1S/C10H20O4/c1-3-5-12-13-7-10-9(11)6-8(4-2)14-10/h8-11H,3-7H2,1-2H3. The van der Waals surface area contributed by atoms with Crippen LogP contribution in [0.25, 0.3) is 0 Å². The second kappa shape index (κ2) is 6.35. The summed E-state index contributed by atoms with van der Waals surface area (Å²) in [5, 5.41) is 9.59. The quantitative estimate of drug-likeness (QED) is 0.402. The number of aliphatic hydroxyl groups excluding tert-OH is 1. The van der Waals surface area contributed by atoms with Crippen LogP contribution in [-0.2, 0) is 14.5 Å². The first kappa shape index (κ1) is 11.9. The first-order valence-corrected chi connectivity index (χ1v) is 5.35. The highest BCUT2D eigenvalue weighted by atomic mass is 17.2. The Kier molecular flexibility index (Phi) is 5.40. The lowest BCUT2D eigenvalue weighted by Gasteiger charge is -2.13. The number of ether oxygens (including phenoxy) is 1. The molecule has 14 heavy (non-hydrogen) atoms. The van der Waals surface area contributed by atoms with Crippen LogP contribution in [0.15, 0.2) is 0 Å². The van der Waals surface area contributed by atoms with Crippen molar-refractivity contribution in [2.75, 3.05) is 13.2 Å². The van der Waals surface area contributed by atoms with E-state index in [0.717, 1.165) is 12.8 Å². The molecule has 1 heterocycles. The first-order chi connectivity index (χ1) is 6.77. The van der Waals surface area contributed by atoms with Crippen molar-refractivity contribution < 1.29 is 19.6 Å². The molecule has 3 atom stereocenters. The van der Waals surface area contributed by atoms with Crippen molar-refractivity contribution in [3.63, 3.8) is 0 Å². The maximum atomic E-state index is 9.59. The Balaban J connectivity index is 2.12. The van der Waals surface area contributed by atoms with Crippen molar-refractivity contribution in [2.45, 2.75) is 51.4 Å². The van der Waals surface area contributed by atoms with Gasteiger partial charge in [0.2, 0.25) is 0 Å². The topological polar surface area (TPSA) is 47.9 Å². The second-order valence-electron chi connectivity index (χ2n) is 3.61. The van der Waals surface area contributed by atoms with E-state index in [2.05, 4.69) is 0 Å². The lowest BCUT2D eigenvalue weighted by atomic mass is 10.1. The van der Waals surface area contributed by atoms with Gasteiger partial charge in [0.05, 0.1) is 18.8 Å². The molecule has 1 N–H and O–H groups in total. The van der Waals surface area contributed by atoms with Crippen LogP contribution in [0.4, 0.5) is 0 Å². The Labute approximate surface area is 85.1 Å². The molecule has 0 amide bonds.